The lowest BCUT2D eigenvalue weighted by Gasteiger charge is -2.21. The monoisotopic (exact) mass is 1400 g/mol. The van der Waals surface area contributed by atoms with Gasteiger partial charge >= 0.3 is 39.5 Å². The first kappa shape index (κ1) is 92.8. The highest BCUT2D eigenvalue weighted by atomic mass is 31.2. The van der Waals surface area contributed by atoms with Crippen LogP contribution in [0.1, 0.15) is 349 Å². The number of allylic oxidation sites excluding steroid dienone is 10. The molecule has 0 bridgehead atoms. The van der Waals surface area contributed by atoms with E-state index in [4.69, 9.17) is 37.0 Å². The predicted octanol–water partition coefficient (Wildman–Crippen LogP) is 21.9. The average molecular weight is 1400 g/mol. The lowest BCUT2D eigenvalue weighted by molar-refractivity contribution is -0.161. The van der Waals surface area contributed by atoms with Crippen molar-refractivity contribution in [1.29, 1.82) is 0 Å². The van der Waals surface area contributed by atoms with Crippen LogP contribution in [-0.2, 0) is 65.4 Å². The zero-order valence-corrected chi connectivity index (χ0v) is 62.8. The summed E-state index contributed by atoms with van der Waals surface area (Å²) >= 11 is 0. The molecule has 0 rings (SSSR count). The molecule has 96 heavy (non-hydrogen) atoms. The van der Waals surface area contributed by atoms with Gasteiger partial charge in [0.15, 0.2) is 12.2 Å². The molecule has 0 aromatic heterocycles. The van der Waals surface area contributed by atoms with E-state index in [2.05, 4.69) is 88.5 Å². The molecule has 0 saturated carbocycles. The van der Waals surface area contributed by atoms with Crippen molar-refractivity contribution in [1.82, 2.24) is 0 Å². The Morgan fingerprint density at radius 2 is 0.510 bits per heavy atom. The molecule has 19 heteroatoms. The van der Waals surface area contributed by atoms with E-state index in [9.17, 15) is 43.2 Å². The number of phosphoric ester groups is 2. The van der Waals surface area contributed by atoms with E-state index in [1.54, 1.807) is 0 Å². The Bertz CT molecular complexity index is 2060. The van der Waals surface area contributed by atoms with Crippen LogP contribution < -0.4 is 0 Å². The molecule has 3 N–H and O–H groups in total. The molecule has 17 nitrogen and oxygen atoms in total. The fourth-order valence-corrected chi connectivity index (χ4v) is 12.0. The number of phosphoric acid groups is 2. The Morgan fingerprint density at radius 3 is 0.802 bits per heavy atom. The summed E-state index contributed by atoms with van der Waals surface area (Å²) < 4.78 is 68.5. The van der Waals surface area contributed by atoms with Crippen LogP contribution in [0.3, 0.4) is 0 Å². The largest absolute Gasteiger partial charge is 0.472 e. The molecule has 0 spiro atoms. The molecule has 0 amide bonds. The van der Waals surface area contributed by atoms with Crippen molar-refractivity contribution in [2.24, 2.45) is 0 Å². The molecule has 0 aliphatic heterocycles. The second-order valence-electron chi connectivity index (χ2n) is 25.9. The molecule has 0 aromatic carbocycles. The van der Waals surface area contributed by atoms with Gasteiger partial charge in [-0.15, -0.1) is 0 Å². The maximum atomic E-state index is 13.1. The van der Waals surface area contributed by atoms with E-state index in [0.717, 1.165) is 173 Å². The molecule has 0 saturated heterocycles. The third kappa shape index (κ3) is 69.2. The smallest absolute Gasteiger partial charge is 0.462 e. The zero-order valence-electron chi connectivity index (χ0n) is 61.1. The molecule has 0 fully saturated rings. The standard InChI is InChI=1S/C77H140O17P2/c1-5-9-13-17-21-25-29-33-35-39-42-46-50-54-58-62-75(80)88-68-73(94-77(82)64-60-56-52-48-44-40-36-34-30-26-22-18-14-10-6-2)70-92-96(85,86)90-66-71(78)65-89-95(83,84)91-69-72(93-76(81)63-59-55-51-47-43-38-32-28-24-20-16-12-8-4)67-87-74(79)61-57-53-49-45-41-37-31-27-23-19-15-11-7-3/h21,25-28,30-33,35,71-73,78H,5-20,22-24,29,34,36-70H2,1-4H3,(H,83,84)(H,85,86)/b25-21-,30-26-,31-27-,32-28-,35-33-/t71-,72+,73+/m0/s1. The summed E-state index contributed by atoms with van der Waals surface area (Å²) in [7, 11) is -9.94. The van der Waals surface area contributed by atoms with Gasteiger partial charge in [0.2, 0.25) is 0 Å². The van der Waals surface area contributed by atoms with Gasteiger partial charge in [-0.2, -0.15) is 0 Å². The first-order valence-electron chi connectivity index (χ1n) is 38.5. The lowest BCUT2D eigenvalue weighted by Crippen LogP contribution is -2.30. The second-order valence-corrected chi connectivity index (χ2v) is 28.8. The van der Waals surface area contributed by atoms with Crippen molar-refractivity contribution in [2.45, 2.75) is 367 Å². The molecule has 0 aliphatic rings. The normalized spacial score (nSPS) is 14.3. The molecule has 0 aromatic rings. The van der Waals surface area contributed by atoms with E-state index >= 15 is 0 Å². The van der Waals surface area contributed by atoms with Crippen molar-refractivity contribution >= 4 is 39.5 Å². The van der Waals surface area contributed by atoms with Gasteiger partial charge in [-0.05, 0) is 135 Å². The Labute approximate surface area is 584 Å². The number of unbranched alkanes of at least 4 members (excludes halogenated alkanes) is 37. The summed E-state index contributed by atoms with van der Waals surface area (Å²) in [6, 6.07) is 0. The van der Waals surface area contributed by atoms with Gasteiger partial charge in [0, 0.05) is 25.7 Å². The van der Waals surface area contributed by atoms with Crippen LogP contribution in [0.25, 0.3) is 0 Å². The SMILES string of the molecule is CCCCC/C=C\C/C=C\CCCCCCCC(=O)OC[C@H](COP(=O)(O)OC[C@@H](O)COP(=O)(O)OC[C@@H](COC(=O)CCCCCCC/C=C\CCCCCC)OC(=O)CCCCCCC/C=C\CCCCCC)OC(=O)CCCCCCCCC/C=C\CCCCCC. The van der Waals surface area contributed by atoms with Crippen LogP contribution in [-0.4, -0.2) is 96.7 Å². The second kappa shape index (κ2) is 70.2. The Balaban J connectivity index is 5.34. The summed E-state index contributed by atoms with van der Waals surface area (Å²) in [4.78, 5) is 72.8. The highest BCUT2D eigenvalue weighted by Gasteiger charge is 2.30. The Morgan fingerprint density at radius 1 is 0.292 bits per heavy atom. The summed E-state index contributed by atoms with van der Waals surface area (Å²) in [6.07, 6.45) is 67.7. The minimum absolute atomic E-state index is 0.0869. The number of carbonyl (C=O) groups is 4. The van der Waals surface area contributed by atoms with Crippen LogP contribution in [0.2, 0.25) is 0 Å². The van der Waals surface area contributed by atoms with Crippen LogP contribution in [0.5, 0.6) is 0 Å². The number of carbonyl (C=O) groups excluding carboxylic acids is 4. The van der Waals surface area contributed by atoms with Crippen molar-refractivity contribution in [3.8, 4) is 0 Å². The number of aliphatic hydroxyl groups is 1. The topological polar surface area (TPSA) is 237 Å². The highest BCUT2D eigenvalue weighted by Crippen LogP contribution is 2.45. The number of esters is 4. The van der Waals surface area contributed by atoms with Crippen molar-refractivity contribution in [3.05, 3.63) is 60.8 Å². The maximum absolute atomic E-state index is 13.1. The first-order chi connectivity index (χ1) is 46.7. The fourth-order valence-electron chi connectivity index (χ4n) is 10.5. The third-order valence-corrected chi connectivity index (χ3v) is 18.3. The minimum Gasteiger partial charge on any atom is -0.462 e. The minimum atomic E-state index is -4.97. The van der Waals surface area contributed by atoms with Crippen LogP contribution in [0.4, 0.5) is 0 Å². The van der Waals surface area contributed by atoms with Gasteiger partial charge in [-0.1, -0.05) is 249 Å². The van der Waals surface area contributed by atoms with Crippen molar-refractivity contribution in [2.75, 3.05) is 39.6 Å². The number of ether oxygens (including phenoxy) is 4. The zero-order chi connectivity index (χ0) is 70.4. The number of rotatable bonds is 73. The van der Waals surface area contributed by atoms with Gasteiger partial charge in [-0.3, -0.25) is 37.3 Å². The molecule has 0 heterocycles. The van der Waals surface area contributed by atoms with Crippen molar-refractivity contribution < 1.29 is 80.2 Å². The van der Waals surface area contributed by atoms with E-state index in [1.807, 2.05) is 0 Å². The third-order valence-electron chi connectivity index (χ3n) is 16.4. The Hall–Kier alpha value is -3.24. The predicted molar refractivity (Wildman–Crippen MR) is 390 cm³/mol. The van der Waals surface area contributed by atoms with E-state index in [-0.39, 0.29) is 25.7 Å². The van der Waals surface area contributed by atoms with E-state index in [0.29, 0.717) is 25.7 Å². The van der Waals surface area contributed by atoms with Crippen LogP contribution in [0.15, 0.2) is 60.8 Å². The first-order valence-corrected chi connectivity index (χ1v) is 41.5. The summed E-state index contributed by atoms with van der Waals surface area (Å²) in [5, 5.41) is 10.6. The molecule has 560 valence electrons. The van der Waals surface area contributed by atoms with Gasteiger partial charge in [0.1, 0.15) is 19.3 Å². The van der Waals surface area contributed by atoms with E-state index in [1.165, 1.54) is 96.3 Å². The summed E-state index contributed by atoms with van der Waals surface area (Å²) in [5.41, 5.74) is 0. The molecule has 5 atom stereocenters. The number of hydrogen-bond donors (Lipinski definition) is 3. The quantitative estimate of drug-likeness (QED) is 0.0169. The maximum Gasteiger partial charge on any atom is 0.472 e. The van der Waals surface area contributed by atoms with Crippen molar-refractivity contribution in [3.63, 3.8) is 0 Å². The van der Waals surface area contributed by atoms with Gasteiger partial charge < -0.3 is 33.8 Å². The Kier molecular flexibility index (Phi) is 67.8. The fraction of sp³-hybridized carbons (Fsp3) is 0.818. The molecular formula is C77H140O17P2. The highest BCUT2D eigenvalue weighted by molar-refractivity contribution is 7.47. The van der Waals surface area contributed by atoms with Gasteiger partial charge in [0.25, 0.3) is 0 Å². The van der Waals surface area contributed by atoms with Gasteiger partial charge in [-0.25, -0.2) is 9.13 Å². The average Bonchev–Trinajstić information content (AvgIpc) is 1.36. The summed E-state index contributed by atoms with van der Waals surface area (Å²) in [6.45, 7) is 4.81. The molecule has 0 radical (unpaired) electrons. The van der Waals surface area contributed by atoms with Gasteiger partial charge in [0.05, 0.1) is 26.4 Å². The molecule has 2 unspecified atom stereocenters. The molecule has 0 aliphatic carbocycles. The van der Waals surface area contributed by atoms with E-state index < -0.39 is 97.5 Å². The van der Waals surface area contributed by atoms with Crippen LogP contribution in [0, 0.1) is 0 Å². The van der Waals surface area contributed by atoms with Crippen LogP contribution >= 0.6 is 15.6 Å². The lowest BCUT2D eigenvalue weighted by atomic mass is 10.1. The number of hydrogen-bond acceptors (Lipinski definition) is 15. The molecular weight excluding hydrogens is 1260 g/mol. The number of aliphatic hydroxyl groups excluding tert-OH is 1. The summed E-state index contributed by atoms with van der Waals surface area (Å²) in [5.74, 6) is -2.19.